The zero-order chi connectivity index (χ0) is 38.7. The Morgan fingerprint density at radius 2 is 0.709 bits per heavy atom. The lowest BCUT2D eigenvalue weighted by Gasteiger charge is -2.13. The summed E-state index contributed by atoms with van der Waals surface area (Å²) >= 11 is 0. The first-order valence-electron chi connectivity index (χ1n) is 19.1. The van der Waals surface area contributed by atoms with Crippen LogP contribution in [0.25, 0.3) is 0 Å². The SMILES string of the molecule is OCCOCCOCCOCCOCCOCCOc1cc(CCc2ccc3c(c2)OCO3)cc(OCCOCCOCCOCCOCCOCCO)c1. The van der Waals surface area contributed by atoms with Gasteiger partial charge in [-0.3, -0.25) is 0 Å². The van der Waals surface area contributed by atoms with E-state index in [0.717, 1.165) is 35.5 Å². The van der Waals surface area contributed by atoms with Gasteiger partial charge in [0.25, 0.3) is 0 Å². The van der Waals surface area contributed by atoms with Crippen molar-refractivity contribution in [2.45, 2.75) is 12.8 Å². The molecule has 0 saturated carbocycles. The molecule has 1 aliphatic rings. The molecule has 0 unspecified atom stereocenters. The summed E-state index contributed by atoms with van der Waals surface area (Å²) in [5.74, 6) is 2.94. The summed E-state index contributed by atoms with van der Waals surface area (Å²) in [6, 6.07) is 12.0. The average Bonchev–Trinajstić information content (AvgIpc) is 3.68. The van der Waals surface area contributed by atoms with Crippen molar-refractivity contribution in [1.82, 2.24) is 0 Å². The molecule has 0 amide bonds. The first-order chi connectivity index (χ1) is 27.3. The maximum atomic E-state index is 8.65. The second-order valence-electron chi connectivity index (χ2n) is 11.8. The van der Waals surface area contributed by atoms with Gasteiger partial charge in [-0.2, -0.15) is 0 Å². The Hall–Kier alpha value is -2.84. The molecule has 0 spiro atoms. The minimum Gasteiger partial charge on any atom is -0.491 e. The molecular formula is C39H62O16. The molecule has 1 aliphatic heterocycles. The maximum absolute atomic E-state index is 8.65. The van der Waals surface area contributed by atoms with E-state index in [9.17, 15) is 0 Å². The molecule has 0 aromatic heterocycles. The third kappa shape index (κ3) is 24.4. The molecule has 3 rings (SSSR count). The van der Waals surface area contributed by atoms with Crippen LogP contribution < -0.4 is 18.9 Å². The molecule has 55 heavy (non-hydrogen) atoms. The number of hydrogen-bond acceptors (Lipinski definition) is 16. The van der Waals surface area contributed by atoms with Crippen molar-refractivity contribution >= 4 is 0 Å². The van der Waals surface area contributed by atoms with Gasteiger partial charge in [0.05, 0.1) is 145 Å². The molecule has 16 heteroatoms. The van der Waals surface area contributed by atoms with Crippen molar-refractivity contribution in [3.8, 4) is 23.0 Å². The number of aliphatic hydroxyl groups is 2. The van der Waals surface area contributed by atoms with Gasteiger partial charge >= 0.3 is 0 Å². The number of benzene rings is 2. The number of aliphatic hydroxyl groups excluding tert-OH is 2. The highest BCUT2D eigenvalue weighted by Gasteiger charge is 2.13. The van der Waals surface area contributed by atoms with Gasteiger partial charge in [-0.05, 0) is 48.2 Å². The van der Waals surface area contributed by atoms with Gasteiger partial charge in [0.15, 0.2) is 11.5 Å². The fourth-order valence-electron chi connectivity index (χ4n) is 4.86. The number of aryl methyl sites for hydroxylation is 2. The Balaban J connectivity index is 1.26. The first-order valence-corrected chi connectivity index (χ1v) is 19.1. The molecule has 314 valence electrons. The van der Waals surface area contributed by atoms with Crippen LogP contribution in [-0.4, -0.2) is 176 Å². The molecule has 0 aliphatic carbocycles. The van der Waals surface area contributed by atoms with Gasteiger partial charge in [-0.15, -0.1) is 0 Å². The average molecular weight is 787 g/mol. The summed E-state index contributed by atoms with van der Waals surface area (Å²) in [6.45, 7) is 9.97. The van der Waals surface area contributed by atoms with Crippen LogP contribution in [0.1, 0.15) is 11.1 Å². The smallest absolute Gasteiger partial charge is 0.231 e. The molecule has 0 bridgehead atoms. The molecule has 16 nitrogen and oxygen atoms in total. The van der Waals surface area contributed by atoms with E-state index < -0.39 is 0 Å². The van der Waals surface area contributed by atoms with Crippen molar-refractivity contribution in [1.29, 1.82) is 0 Å². The number of ether oxygens (including phenoxy) is 14. The predicted octanol–water partition coefficient (Wildman–Crippen LogP) is 2.11. The van der Waals surface area contributed by atoms with Crippen LogP contribution in [0.3, 0.4) is 0 Å². The predicted molar refractivity (Wildman–Crippen MR) is 200 cm³/mol. The second-order valence-corrected chi connectivity index (χ2v) is 11.8. The second kappa shape index (κ2) is 33.3. The maximum Gasteiger partial charge on any atom is 0.231 e. The fraction of sp³-hybridized carbons (Fsp3) is 0.692. The van der Waals surface area contributed by atoms with Gasteiger partial charge in [0.1, 0.15) is 24.7 Å². The largest absolute Gasteiger partial charge is 0.491 e. The van der Waals surface area contributed by atoms with E-state index in [1.807, 2.05) is 30.3 Å². The fourth-order valence-corrected chi connectivity index (χ4v) is 4.86. The summed E-state index contributed by atoms with van der Waals surface area (Å²) in [5, 5.41) is 17.3. The molecule has 0 radical (unpaired) electrons. The van der Waals surface area contributed by atoms with E-state index in [-0.39, 0.29) is 20.0 Å². The molecule has 0 saturated heterocycles. The molecule has 2 aromatic rings. The summed E-state index contributed by atoms with van der Waals surface area (Å²) in [7, 11) is 0. The zero-order valence-corrected chi connectivity index (χ0v) is 32.2. The minimum atomic E-state index is 0.0125. The molecule has 2 aromatic carbocycles. The van der Waals surface area contributed by atoms with E-state index in [1.54, 1.807) is 0 Å². The van der Waals surface area contributed by atoms with Crippen LogP contribution in [0.2, 0.25) is 0 Å². The van der Waals surface area contributed by atoms with Crippen LogP contribution in [0.15, 0.2) is 36.4 Å². The van der Waals surface area contributed by atoms with Crippen LogP contribution >= 0.6 is 0 Å². The molecule has 1 heterocycles. The lowest BCUT2D eigenvalue weighted by Crippen LogP contribution is -2.15. The topological polar surface area (TPSA) is 170 Å². The molecular weight excluding hydrogens is 724 g/mol. The van der Waals surface area contributed by atoms with E-state index in [2.05, 4.69) is 6.07 Å². The van der Waals surface area contributed by atoms with Gasteiger partial charge in [0.2, 0.25) is 6.79 Å². The van der Waals surface area contributed by atoms with Crippen molar-refractivity contribution < 1.29 is 76.5 Å². The highest BCUT2D eigenvalue weighted by Crippen LogP contribution is 2.33. The van der Waals surface area contributed by atoms with E-state index in [0.29, 0.717) is 157 Å². The van der Waals surface area contributed by atoms with E-state index in [4.69, 9.17) is 76.5 Å². The normalized spacial score (nSPS) is 12.1. The van der Waals surface area contributed by atoms with Crippen LogP contribution in [-0.2, 0) is 60.2 Å². The third-order valence-electron chi connectivity index (χ3n) is 7.52. The lowest BCUT2D eigenvalue weighted by molar-refractivity contribution is -0.0147. The number of hydrogen-bond donors (Lipinski definition) is 2. The highest BCUT2D eigenvalue weighted by atomic mass is 16.7. The van der Waals surface area contributed by atoms with Gasteiger partial charge < -0.3 is 76.5 Å². The van der Waals surface area contributed by atoms with E-state index in [1.165, 1.54) is 0 Å². The van der Waals surface area contributed by atoms with Crippen molar-refractivity contribution in [3.63, 3.8) is 0 Å². The Morgan fingerprint density at radius 1 is 0.364 bits per heavy atom. The van der Waals surface area contributed by atoms with Gasteiger partial charge in [0, 0.05) is 6.07 Å². The summed E-state index contributed by atoms with van der Waals surface area (Å²) in [4.78, 5) is 0. The highest BCUT2D eigenvalue weighted by molar-refractivity contribution is 5.45. The first kappa shape index (κ1) is 46.5. The summed E-state index contributed by atoms with van der Waals surface area (Å²) < 4.78 is 77.5. The van der Waals surface area contributed by atoms with Crippen molar-refractivity contribution in [2.75, 3.05) is 165 Å². The number of rotatable bonds is 39. The van der Waals surface area contributed by atoms with Crippen molar-refractivity contribution in [2.24, 2.45) is 0 Å². The summed E-state index contributed by atoms with van der Waals surface area (Å²) in [6.07, 6.45) is 1.59. The Morgan fingerprint density at radius 3 is 1.11 bits per heavy atom. The van der Waals surface area contributed by atoms with Crippen LogP contribution in [0.4, 0.5) is 0 Å². The quantitative estimate of drug-likeness (QED) is 0.0945. The molecule has 0 fully saturated rings. The zero-order valence-electron chi connectivity index (χ0n) is 32.2. The third-order valence-corrected chi connectivity index (χ3v) is 7.52. The minimum absolute atomic E-state index is 0.0125. The van der Waals surface area contributed by atoms with Crippen LogP contribution in [0.5, 0.6) is 23.0 Å². The molecule has 2 N–H and O–H groups in total. The molecule has 0 atom stereocenters. The van der Waals surface area contributed by atoms with E-state index >= 15 is 0 Å². The Kier molecular flexibility index (Phi) is 28.2. The number of fused-ring (bicyclic) bond motifs is 1. The van der Waals surface area contributed by atoms with Crippen LogP contribution in [0, 0.1) is 0 Å². The lowest BCUT2D eigenvalue weighted by atomic mass is 10.0. The Bertz CT molecular complexity index is 1130. The Labute approximate surface area is 325 Å². The van der Waals surface area contributed by atoms with Crippen molar-refractivity contribution in [3.05, 3.63) is 47.5 Å². The van der Waals surface area contributed by atoms with Gasteiger partial charge in [-0.25, -0.2) is 0 Å². The van der Waals surface area contributed by atoms with Gasteiger partial charge in [-0.1, -0.05) is 6.07 Å². The summed E-state index contributed by atoms with van der Waals surface area (Å²) in [5.41, 5.74) is 2.23. The standard InChI is InChI=1S/C39H62O16/c40-5-7-42-9-11-44-13-15-46-17-19-48-21-23-50-25-27-52-36-29-35(2-1-34-3-4-38-39(31-34)55-33-54-38)30-37(32-36)53-28-26-51-24-22-49-20-18-47-16-14-45-12-10-43-8-6-41/h3-4,29-32,40-41H,1-2,5-28,33H2. The monoisotopic (exact) mass is 786 g/mol.